The Hall–Kier alpha value is -1.79. The fourth-order valence-electron chi connectivity index (χ4n) is 3.39. The molecule has 2 heterocycles. The van der Waals surface area contributed by atoms with E-state index in [1.165, 1.54) is 23.3 Å². The third-order valence-electron chi connectivity index (χ3n) is 5.06. The van der Waals surface area contributed by atoms with Gasteiger partial charge in [0.2, 0.25) is 5.95 Å². The van der Waals surface area contributed by atoms with Crippen molar-refractivity contribution in [3.05, 3.63) is 42.1 Å². The second-order valence-electron chi connectivity index (χ2n) is 7.08. The summed E-state index contributed by atoms with van der Waals surface area (Å²) in [5.41, 5.74) is 1.40. The molecule has 6 heteroatoms. The van der Waals surface area contributed by atoms with Crippen molar-refractivity contribution in [1.82, 2.24) is 14.9 Å². The first kappa shape index (κ1) is 19.0. The molecule has 0 spiro atoms. The van der Waals surface area contributed by atoms with E-state index in [0.29, 0.717) is 6.04 Å². The summed E-state index contributed by atoms with van der Waals surface area (Å²) in [5.74, 6) is 1.77. The number of aromatic nitrogens is 2. The minimum atomic E-state index is 0.537. The lowest BCUT2D eigenvalue weighted by Crippen LogP contribution is -2.43. The summed E-state index contributed by atoms with van der Waals surface area (Å²) in [5, 5.41) is 0. The lowest BCUT2D eigenvalue weighted by atomic mass is 10.0. The Bertz CT molecular complexity index is 696. The van der Waals surface area contributed by atoms with Crippen LogP contribution in [0.3, 0.4) is 0 Å². The van der Waals surface area contributed by atoms with Crippen LogP contribution in [-0.4, -0.2) is 61.4 Å². The molecule has 0 bridgehead atoms. The minimum Gasteiger partial charge on any atom is -0.356 e. The first-order valence-corrected chi connectivity index (χ1v) is 10.4. The fraction of sp³-hybridized carbons (Fsp3) is 0.500. The third-order valence-corrected chi connectivity index (χ3v) is 5.80. The summed E-state index contributed by atoms with van der Waals surface area (Å²) in [6, 6.07) is 11.5. The molecule has 1 aromatic heterocycles. The highest BCUT2D eigenvalue weighted by atomic mass is 32.2. The van der Waals surface area contributed by atoms with E-state index < -0.39 is 0 Å². The first-order valence-electron chi connectivity index (χ1n) is 9.15. The van der Waals surface area contributed by atoms with E-state index in [1.807, 2.05) is 31.3 Å². The molecule has 1 saturated heterocycles. The molecular weight excluding hydrogens is 342 g/mol. The first-order chi connectivity index (χ1) is 12.6. The number of thioether (sulfide) groups is 1. The molecule has 2 aromatic rings. The van der Waals surface area contributed by atoms with Crippen LogP contribution in [0, 0.1) is 0 Å². The van der Waals surface area contributed by atoms with Crippen LogP contribution in [0.2, 0.25) is 0 Å². The van der Waals surface area contributed by atoms with Gasteiger partial charge in [-0.3, -0.25) is 4.90 Å². The fourth-order valence-corrected chi connectivity index (χ4v) is 3.80. The zero-order valence-corrected chi connectivity index (χ0v) is 17.0. The lowest BCUT2D eigenvalue weighted by Gasteiger charge is -2.37. The predicted molar refractivity (Wildman–Crippen MR) is 111 cm³/mol. The van der Waals surface area contributed by atoms with Gasteiger partial charge in [-0.15, -0.1) is 11.8 Å². The van der Waals surface area contributed by atoms with Crippen molar-refractivity contribution in [2.24, 2.45) is 0 Å². The van der Waals surface area contributed by atoms with Crippen LogP contribution in [0.15, 0.2) is 41.4 Å². The Morgan fingerprint density at radius 1 is 1.08 bits per heavy atom. The van der Waals surface area contributed by atoms with Crippen molar-refractivity contribution in [3.63, 3.8) is 0 Å². The molecule has 0 aliphatic carbocycles. The number of hydrogen-bond donors (Lipinski definition) is 0. The van der Waals surface area contributed by atoms with E-state index in [-0.39, 0.29) is 0 Å². The molecular formula is C20H29N5S. The molecule has 0 N–H and O–H groups in total. The van der Waals surface area contributed by atoms with Crippen LogP contribution in [0.4, 0.5) is 11.8 Å². The van der Waals surface area contributed by atoms with Gasteiger partial charge in [0.1, 0.15) is 5.82 Å². The Kier molecular flexibility index (Phi) is 6.38. The maximum Gasteiger partial charge on any atom is 0.226 e. The van der Waals surface area contributed by atoms with E-state index in [9.17, 15) is 0 Å². The molecule has 140 valence electrons. The van der Waals surface area contributed by atoms with Crippen LogP contribution >= 0.6 is 11.8 Å². The zero-order valence-electron chi connectivity index (χ0n) is 16.2. The van der Waals surface area contributed by atoms with Crippen molar-refractivity contribution in [2.75, 3.05) is 50.3 Å². The Morgan fingerprint density at radius 2 is 1.77 bits per heavy atom. The monoisotopic (exact) mass is 371 g/mol. The number of piperidine rings is 1. The molecule has 1 aromatic carbocycles. The van der Waals surface area contributed by atoms with Crippen molar-refractivity contribution >= 4 is 23.5 Å². The topological polar surface area (TPSA) is 35.5 Å². The van der Waals surface area contributed by atoms with Crippen molar-refractivity contribution < 1.29 is 0 Å². The molecule has 1 aliphatic rings. The standard InChI is InChI=1S/C20H29N5S/c1-23(2)20-21-12-9-19(22-20)24(3)17-10-13-25(14-11-17)15-16-5-7-18(26-4)8-6-16/h5-9,12,17H,10-11,13-15H2,1-4H3. The summed E-state index contributed by atoms with van der Waals surface area (Å²) in [6.07, 6.45) is 6.30. The van der Waals surface area contributed by atoms with Gasteiger partial charge in [-0.1, -0.05) is 12.1 Å². The van der Waals surface area contributed by atoms with Gasteiger partial charge in [-0.25, -0.2) is 4.98 Å². The molecule has 0 saturated carbocycles. The largest absolute Gasteiger partial charge is 0.356 e. The van der Waals surface area contributed by atoms with Crippen LogP contribution in [0.5, 0.6) is 0 Å². The van der Waals surface area contributed by atoms with Crippen LogP contribution in [0.25, 0.3) is 0 Å². The Balaban J connectivity index is 1.55. The van der Waals surface area contributed by atoms with E-state index in [4.69, 9.17) is 0 Å². The number of hydrogen-bond acceptors (Lipinski definition) is 6. The van der Waals surface area contributed by atoms with Gasteiger partial charge in [0.05, 0.1) is 0 Å². The highest BCUT2D eigenvalue weighted by Gasteiger charge is 2.23. The quantitative estimate of drug-likeness (QED) is 0.725. The molecule has 1 aliphatic heterocycles. The molecule has 5 nitrogen and oxygen atoms in total. The summed E-state index contributed by atoms with van der Waals surface area (Å²) in [6.45, 7) is 3.30. The summed E-state index contributed by atoms with van der Waals surface area (Å²) >= 11 is 1.80. The number of anilines is 2. The number of nitrogens with zero attached hydrogens (tertiary/aromatic N) is 5. The van der Waals surface area contributed by atoms with Crippen LogP contribution in [-0.2, 0) is 6.54 Å². The molecule has 0 radical (unpaired) electrons. The van der Waals surface area contributed by atoms with Gasteiger partial charge in [0.25, 0.3) is 0 Å². The highest BCUT2D eigenvalue weighted by molar-refractivity contribution is 7.98. The molecule has 0 unspecified atom stereocenters. The van der Waals surface area contributed by atoms with E-state index in [1.54, 1.807) is 11.8 Å². The highest BCUT2D eigenvalue weighted by Crippen LogP contribution is 2.23. The van der Waals surface area contributed by atoms with Gasteiger partial charge in [0.15, 0.2) is 0 Å². The van der Waals surface area contributed by atoms with Gasteiger partial charge in [-0.05, 0) is 42.9 Å². The van der Waals surface area contributed by atoms with Crippen LogP contribution in [0.1, 0.15) is 18.4 Å². The van der Waals surface area contributed by atoms with E-state index in [0.717, 1.165) is 31.4 Å². The van der Waals surface area contributed by atoms with Crippen molar-refractivity contribution in [3.8, 4) is 0 Å². The average molecular weight is 372 g/mol. The third kappa shape index (κ3) is 4.68. The molecule has 1 fully saturated rings. The summed E-state index contributed by atoms with van der Waals surface area (Å²) in [4.78, 5) is 17.1. The lowest BCUT2D eigenvalue weighted by molar-refractivity contribution is 0.203. The second kappa shape index (κ2) is 8.73. The zero-order chi connectivity index (χ0) is 18.5. The van der Waals surface area contributed by atoms with Gasteiger partial charge < -0.3 is 9.80 Å². The molecule has 3 rings (SSSR count). The predicted octanol–water partition coefficient (Wildman–Crippen LogP) is 3.37. The maximum absolute atomic E-state index is 4.68. The second-order valence-corrected chi connectivity index (χ2v) is 7.96. The van der Waals surface area contributed by atoms with Gasteiger partial charge in [0, 0.05) is 57.9 Å². The van der Waals surface area contributed by atoms with E-state index in [2.05, 4.69) is 57.3 Å². The Morgan fingerprint density at radius 3 is 2.38 bits per heavy atom. The minimum absolute atomic E-state index is 0.537. The maximum atomic E-state index is 4.68. The van der Waals surface area contributed by atoms with E-state index >= 15 is 0 Å². The number of benzene rings is 1. The number of rotatable bonds is 6. The van der Waals surface area contributed by atoms with Gasteiger partial charge in [-0.2, -0.15) is 4.98 Å². The summed E-state index contributed by atoms with van der Waals surface area (Å²) in [7, 11) is 6.11. The molecule has 0 atom stereocenters. The normalized spacial score (nSPS) is 15.8. The average Bonchev–Trinajstić information content (AvgIpc) is 2.68. The van der Waals surface area contributed by atoms with Gasteiger partial charge >= 0.3 is 0 Å². The van der Waals surface area contributed by atoms with Crippen molar-refractivity contribution in [2.45, 2.75) is 30.3 Å². The SMILES string of the molecule is CSc1ccc(CN2CCC(N(C)c3ccnc(N(C)C)n3)CC2)cc1. The molecule has 0 amide bonds. The van der Waals surface area contributed by atoms with Crippen molar-refractivity contribution in [1.29, 1.82) is 0 Å². The number of likely N-dealkylation sites (tertiary alicyclic amines) is 1. The smallest absolute Gasteiger partial charge is 0.226 e. The molecule has 26 heavy (non-hydrogen) atoms. The summed E-state index contributed by atoms with van der Waals surface area (Å²) < 4.78 is 0. The Labute approximate surface area is 161 Å². The van der Waals surface area contributed by atoms with Crippen LogP contribution < -0.4 is 9.80 Å².